The molecule has 0 atom stereocenters. The quantitative estimate of drug-likeness (QED) is 0.421. The van der Waals surface area contributed by atoms with E-state index in [1.165, 1.54) is 0 Å². The Kier molecular flexibility index (Phi) is 0.638. The Morgan fingerprint density at radius 2 is 2.67 bits per heavy atom. The molecule has 0 amide bonds. The van der Waals surface area contributed by atoms with Crippen molar-refractivity contribution in [3.05, 3.63) is 11.8 Å². The highest BCUT2D eigenvalue weighted by Crippen LogP contribution is 2.01. The molecule has 0 unspecified atom stereocenters. The van der Waals surface area contributed by atoms with Crippen LogP contribution >= 0.6 is 0 Å². The van der Waals surface area contributed by atoms with E-state index >= 15 is 0 Å². The lowest BCUT2D eigenvalue weighted by Gasteiger charge is -2.08. The Balaban J connectivity index is 2.52. The van der Waals surface area contributed by atoms with Crippen molar-refractivity contribution in [1.29, 1.82) is 0 Å². The monoisotopic (exact) mass is 84.0 g/mol. The highest BCUT2D eigenvalue weighted by Gasteiger charge is 2.01. The van der Waals surface area contributed by atoms with Gasteiger partial charge in [-0.2, -0.15) is 0 Å². The van der Waals surface area contributed by atoms with Crippen LogP contribution in [0.3, 0.4) is 0 Å². The van der Waals surface area contributed by atoms with Gasteiger partial charge in [0.15, 0.2) is 12.0 Å². The molecule has 6 heavy (non-hydrogen) atoms. The maximum absolute atomic E-state index is 9.59. The Labute approximate surface area is 35.4 Å². The summed E-state index contributed by atoms with van der Waals surface area (Å²) >= 11 is 0. The first-order valence-corrected chi connectivity index (χ1v) is 1.71. The summed E-state index contributed by atoms with van der Waals surface area (Å²) in [5, 5.41) is 0. The minimum absolute atomic E-state index is 0.468. The second-order valence-electron chi connectivity index (χ2n) is 1.04. The van der Waals surface area contributed by atoms with Crippen molar-refractivity contribution in [2.45, 2.75) is 0 Å². The molecular weight excluding hydrogens is 80.0 g/mol. The average Bonchev–Trinajstić information content (AvgIpc) is 1.31. The lowest BCUT2D eigenvalue weighted by Crippen LogP contribution is -2.04. The van der Waals surface area contributed by atoms with Gasteiger partial charge in [-0.1, -0.05) is 0 Å². The first kappa shape index (κ1) is 3.40. The molecule has 1 aliphatic rings. The fraction of sp³-hybridized carbons (Fsp3) is 0.250. The molecule has 0 fully saturated rings. The second-order valence-corrected chi connectivity index (χ2v) is 1.04. The van der Waals surface area contributed by atoms with E-state index in [1.54, 1.807) is 6.08 Å². The standard InChI is InChI=1S/C4H4O2/c5-3-4-1-2-6-4/h1,3H,2H2. The fourth-order valence-corrected chi connectivity index (χ4v) is 0.262. The maximum atomic E-state index is 9.59. The predicted molar refractivity (Wildman–Crippen MR) is 20.1 cm³/mol. The second kappa shape index (κ2) is 1.12. The van der Waals surface area contributed by atoms with Gasteiger partial charge in [-0.25, -0.2) is 0 Å². The normalized spacial score (nSPS) is 17.0. The minimum Gasteiger partial charge on any atom is -0.486 e. The van der Waals surface area contributed by atoms with Gasteiger partial charge in [-0.3, -0.25) is 4.79 Å². The molecule has 1 rings (SSSR count). The van der Waals surface area contributed by atoms with E-state index < -0.39 is 0 Å². The zero-order valence-electron chi connectivity index (χ0n) is 3.18. The summed E-state index contributed by atoms with van der Waals surface area (Å²) in [5.41, 5.74) is 0. The number of aldehydes is 1. The minimum atomic E-state index is 0.468. The van der Waals surface area contributed by atoms with Crippen molar-refractivity contribution in [3.8, 4) is 0 Å². The van der Waals surface area contributed by atoms with Crippen molar-refractivity contribution in [2.75, 3.05) is 6.61 Å². The van der Waals surface area contributed by atoms with Crippen LogP contribution in [0.15, 0.2) is 11.8 Å². The molecule has 0 aromatic heterocycles. The number of rotatable bonds is 1. The highest BCUT2D eigenvalue weighted by molar-refractivity contribution is 5.71. The van der Waals surface area contributed by atoms with Crippen LogP contribution in [-0.2, 0) is 9.53 Å². The molecule has 0 spiro atoms. The molecule has 0 saturated heterocycles. The van der Waals surface area contributed by atoms with Crippen LogP contribution in [0.5, 0.6) is 0 Å². The van der Waals surface area contributed by atoms with E-state index in [4.69, 9.17) is 0 Å². The van der Waals surface area contributed by atoms with Gasteiger partial charge < -0.3 is 4.74 Å². The van der Waals surface area contributed by atoms with Gasteiger partial charge in [0, 0.05) is 0 Å². The SMILES string of the molecule is O=CC1=CCO1. The van der Waals surface area contributed by atoms with E-state index in [9.17, 15) is 4.79 Å². The van der Waals surface area contributed by atoms with Gasteiger partial charge >= 0.3 is 0 Å². The summed E-state index contributed by atoms with van der Waals surface area (Å²) in [6.45, 7) is 0.605. The lowest BCUT2D eigenvalue weighted by atomic mass is 10.4. The van der Waals surface area contributed by atoms with Gasteiger partial charge in [-0.05, 0) is 6.08 Å². The number of hydrogen-bond acceptors (Lipinski definition) is 2. The predicted octanol–water partition coefficient (Wildman–Crippen LogP) is 0.0994. The van der Waals surface area contributed by atoms with Crippen molar-refractivity contribution in [1.82, 2.24) is 0 Å². The molecule has 0 aromatic rings. The Bertz CT molecular complexity index is 93.7. The van der Waals surface area contributed by atoms with Gasteiger partial charge in [0.2, 0.25) is 0 Å². The highest BCUT2D eigenvalue weighted by atomic mass is 16.5. The molecule has 0 bridgehead atoms. The molecule has 0 aromatic carbocycles. The molecule has 32 valence electrons. The first-order valence-electron chi connectivity index (χ1n) is 1.71. The zero-order valence-corrected chi connectivity index (χ0v) is 3.18. The maximum Gasteiger partial charge on any atom is 0.184 e. The molecule has 0 saturated carbocycles. The third kappa shape index (κ3) is 0.302. The molecule has 0 radical (unpaired) electrons. The van der Waals surface area contributed by atoms with E-state index in [2.05, 4.69) is 4.74 Å². The first-order chi connectivity index (χ1) is 2.93. The number of hydrogen-bond donors (Lipinski definition) is 0. The van der Waals surface area contributed by atoms with Crippen LogP contribution in [-0.4, -0.2) is 12.9 Å². The van der Waals surface area contributed by atoms with E-state index in [1.807, 2.05) is 0 Å². The van der Waals surface area contributed by atoms with E-state index in [0.29, 0.717) is 18.7 Å². The Morgan fingerprint density at radius 1 is 2.00 bits per heavy atom. The fourth-order valence-electron chi connectivity index (χ4n) is 0.262. The van der Waals surface area contributed by atoms with Crippen LogP contribution in [0, 0.1) is 0 Å². The number of carbonyl (C=O) groups excluding carboxylic acids is 1. The van der Waals surface area contributed by atoms with Gasteiger partial charge in [0.25, 0.3) is 0 Å². The van der Waals surface area contributed by atoms with Crippen LogP contribution < -0.4 is 0 Å². The van der Waals surface area contributed by atoms with Crippen molar-refractivity contribution < 1.29 is 9.53 Å². The Morgan fingerprint density at radius 3 is 2.67 bits per heavy atom. The average molecular weight is 84.1 g/mol. The van der Waals surface area contributed by atoms with Crippen molar-refractivity contribution in [3.63, 3.8) is 0 Å². The van der Waals surface area contributed by atoms with Crippen LogP contribution in [0.2, 0.25) is 0 Å². The molecule has 1 aliphatic heterocycles. The van der Waals surface area contributed by atoms with Crippen molar-refractivity contribution in [2.24, 2.45) is 0 Å². The summed E-state index contributed by atoms with van der Waals surface area (Å²) in [6, 6.07) is 0. The number of allylic oxidation sites excluding steroid dienone is 1. The summed E-state index contributed by atoms with van der Waals surface area (Å²) < 4.78 is 4.57. The Hall–Kier alpha value is -0.790. The van der Waals surface area contributed by atoms with E-state index in [-0.39, 0.29) is 0 Å². The van der Waals surface area contributed by atoms with Crippen LogP contribution in [0.4, 0.5) is 0 Å². The lowest BCUT2D eigenvalue weighted by molar-refractivity contribution is -0.108. The molecule has 0 N–H and O–H groups in total. The largest absolute Gasteiger partial charge is 0.486 e. The number of ether oxygens (including phenoxy) is 1. The van der Waals surface area contributed by atoms with Gasteiger partial charge in [0.05, 0.1) is 0 Å². The van der Waals surface area contributed by atoms with Crippen LogP contribution in [0.25, 0.3) is 0 Å². The van der Waals surface area contributed by atoms with Crippen LogP contribution in [0.1, 0.15) is 0 Å². The van der Waals surface area contributed by atoms with Gasteiger partial charge in [0.1, 0.15) is 6.61 Å². The third-order valence-corrected chi connectivity index (χ3v) is 0.651. The zero-order chi connectivity index (χ0) is 4.41. The van der Waals surface area contributed by atoms with Crippen molar-refractivity contribution >= 4 is 6.29 Å². The van der Waals surface area contributed by atoms with E-state index in [0.717, 1.165) is 0 Å². The molecule has 2 nitrogen and oxygen atoms in total. The summed E-state index contributed by atoms with van der Waals surface area (Å²) in [5.74, 6) is 0.468. The van der Waals surface area contributed by atoms with Gasteiger partial charge in [-0.15, -0.1) is 0 Å². The summed E-state index contributed by atoms with van der Waals surface area (Å²) in [7, 11) is 0. The summed E-state index contributed by atoms with van der Waals surface area (Å²) in [6.07, 6.45) is 2.43. The summed E-state index contributed by atoms with van der Waals surface area (Å²) in [4.78, 5) is 9.59. The topological polar surface area (TPSA) is 26.3 Å². The molecule has 0 aliphatic carbocycles. The number of carbonyl (C=O) groups is 1. The smallest absolute Gasteiger partial charge is 0.184 e. The molecular formula is C4H4O2. The molecule has 1 heterocycles. The third-order valence-electron chi connectivity index (χ3n) is 0.651. The molecule has 2 heteroatoms.